The number of nitrogens with one attached hydrogen (secondary N) is 1. The lowest BCUT2D eigenvalue weighted by Crippen LogP contribution is -2.00. The molecule has 5 heteroatoms. The number of nitrogens with zero attached hydrogens (tertiary/aromatic N) is 1. The highest BCUT2D eigenvalue weighted by atomic mass is 79.9. The predicted octanol–water partition coefficient (Wildman–Crippen LogP) is 1.58. The standard InChI is InChI=1S/C7H7BrN2O2/c1-9-6-5(8)2-4(3-10-6)7(11)12/h2-3H,1H3,(H,9,10)(H,11,12). The molecule has 0 aliphatic heterocycles. The third-order valence-corrected chi connectivity index (χ3v) is 1.93. The van der Waals surface area contributed by atoms with Crippen LogP contribution in [0.3, 0.4) is 0 Å². The van der Waals surface area contributed by atoms with Crippen molar-refractivity contribution in [2.45, 2.75) is 0 Å². The highest BCUT2D eigenvalue weighted by Gasteiger charge is 2.06. The van der Waals surface area contributed by atoms with Gasteiger partial charge < -0.3 is 10.4 Å². The van der Waals surface area contributed by atoms with Gasteiger partial charge in [-0.25, -0.2) is 9.78 Å². The summed E-state index contributed by atoms with van der Waals surface area (Å²) in [4.78, 5) is 14.4. The van der Waals surface area contributed by atoms with E-state index in [-0.39, 0.29) is 5.56 Å². The van der Waals surface area contributed by atoms with Crippen molar-refractivity contribution in [2.24, 2.45) is 0 Å². The second-order valence-corrected chi connectivity index (χ2v) is 2.96. The Morgan fingerprint density at radius 2 is 2.42 bits per heavy atom. The molecule has 0 saturated heterocycles. The summed E-state index contributed by atoms with van der Waals surface area (Å²) in [6.45, 7) is 0. The Hall–Kier alpha value is -1.10. The molecule has 1 aromatic heterocycles. The van der Waals surface area contributed by atoms with E-state index < -0.39 is 5.97 Å². The van der Waals surface area contributed by atoms with Gasteiger partial charge in [-0.05, 0) is 22.0 Å². The maximum absolute atomic E-state index is 10.5. The summed E-state index contributed by atoms with van der Waals surface area (Å²) in [6.07, 6.45) is 1.30. The number of hydrogen-bond acceptors (Lipinski definition) is 3. The quantitative estimate of drug-likeness (QED) is 0.811. The van der Waals surface area contributed by atoms with Gasteiger partial charge >= 0.3 is 5.97 Å². The van der Waals surface area contributed by atoms with Crippen molar-refractivity contribution in [1.82, 2.24) is 4.98 Å². The molecule has 4 nitrogen and oxygen atoms in total. The minimum Gasteiger partial charge on any atom is -0.478 e. The van der Waals surface area contributed by atoms with Crippen molar-refractivity contribution in [3.8, 4) is 0 Å². The summed E-state index contributed by atoms with van der Waals surface area (Å²) in [5.74, 6) is -0.356. The van der Waals surface area contributed by atoms with Gasteiger partial charge in [-0.1, -0.05) is 0 Å². The summed E-state index contributed by atoms with van der Waals surface area (Å²) in [7, 11) is 1.72. The monoisotopic (exact) mass is 230 g/mol. The zero-order valence-corrected chi connectivity index (χ0v) is 7.92. The summed E-state index contributed by atoms with van der Waals surface area (Å²) >= 11 is 3.19. The van der Waals surface area contributed by atoms with Crippen molar-refractivity contribution < 1.29 is 9.90 Å². The first-order valence-corrected chi connectivity index (χ1v) is 4.01. The number of anilines is 1. The third-order valence-electron chi connectivity index (χ3n) is 1.32. The van der Waals surface area contributed by atoms with Crippen LogP contribution in [0.25, 0.3) is 0 Å². The summed E-state index contributed by atoms with van der Waals surface area (Å²) in [5.41, 5.74) is 0.167. The molecule has 0 unspecified atom stereocenters. The lowest BCUT2D eigenvalue weighted by molar-refractivity contribution is 0.0696. The normalized spacial score (nSPS) is 9.50. The van der Waals surface area contributed by atoms with Crippen LogP contribution in [0.1, 0.15) is 10.4 Å². The Labute approximate surface area is 77.8 Å². The first-order valence-electron chi connectivity index (χ1n) is 3.21. The maximum Gasteiger partial charge on any atom is 0.337 e. The summed E-state index contributed by atoms with van der Waals surface area (Å²) < 4.78 is 0.643. The number of aromatic nitrogens is 1. The zero-order valence-electron chi connectivity index (χ0n) is 6.34. The molecule has 0 aliphatic rings. The summed E-state index contributed by atoms with van der Waals surface area (Å²) in [5, 5.41) is 11.4. The van der Waals surface area contributed by atoms with Crippen LogP contribution in [0.2, 0.25) is 0 Å². The van der Waals surface area contributed by atoms with E-state index in [9.17, 15) is 4.79 Å². The molecule has 0 radical (unpaired) electrons. The first kappa shape index (κ1) is 8.99. The molecule has 1 heterocycles. The number of carboxylic acids is 1. The fraction of sp³-hybridized carbons (Fsp3) is 0.143. The molecule has 0 atom stereocenters. The number of carboxylic acid groups (broad SMARTS) is 1. The van der Waals surface area contributed by atoms with Crippen LogP contribution in [0.4, 0.5) is 5.82 Å². The third kappa shape index (κ3) is 1.73. The zero-order chi connectivity index (χ0) is 9.14. The molecule has 64 valence electrons. The highest BCUT2D eigenvalue weighted by Crippen LogP contribution is 2.19. The van der Waals surface area contributed by atoms with Crippen LogP contribution in [0, 0.1) is 0 Å². The van der Waals surface area contributed by atoms with E-state index in [4.69, 9.17) is 5.11 Å². The Kier molecular flexibility index (Phi) is 2.65. The van der Waals surface area contributed by atoms with Crippen molar-refractivity contribution >= 4 is 27.7 Å². The molecule has 0 aromatic carbocycles. The van der Waals surface area contributed by atoms with Crippen LogP contribution in [0.15, 0.2) is 16.7 Å². The fourth-order valence-corrected chi connectivity index (χ4v) is 1.29. The number of aromatic carboxylic acids is 1. The number of carbonyl (C=O) groups is 1. The van der Waals surface area contributed by atoms with Gasteiger partial charge in [0.25, 0.3) is 0 Å². The average molecular weight is 231 g/mol. The lowest BCUT2D eigenvalue weighted by atomic mass is 10.3. The van der Waals surface area contributed by atoms with Gasteiger partial charge in [0, 0.05) is 13.2 Å². The largest absolute Gasteiger partial charge is 0.478 e. The van der Waals surface area contributed by atoms with Gasteiger partial charge in [-0.2, -0.15) is 0 Å². The molecular weight excluding hydrogens is 224 g/mol. The van der Waals surface area contributed by atoms with Gasteiger partial charge in [0.15, 0.2) is 0 Å². The molecule has 1 rings (SSSR count). The molecule has 0 amide bonds. The molecule has 12 heavy (non-hydrogen) atoms. The molecule has 0 bridgehead atoms. The Morgan fingerprint density at radius 3 is 2.83 bits per heavy atom. The van der Waals surface area contributed by atoms with E-state index in [0.29, 0.717) is 10.3 Å². The number of rotatable bonds is 2. The minimum atomic E-state index is -0.981. The molecule has 0 aliphatic carbocycles. The second-order valence-electron chi connectivity index (χ2n) is 2.11. The predicted molar refractivity (Wildman–Crippen MR) is 48.4 cm³/mol. The van der Waals surface area contributed by atoms with Crippen molar-refractivity contribution in [1.29, 1.82) is 0 Å². The Morgan fingerprint density at radius 1 is 1.75 bits per heavy atom. The van der Waals surface area contributed by atoms with Gasteiger partial charge in [-0.3, -0.25) is 0 Å². The number of hydrogen-bond donors (Lipinski definition) is 2. The smallest absolute Gasteiger partial charge is 0.337 e. The summed E-state index contributed by atoms with van der Waals surface area (Å²) in [6, 6.07) is 1.50. The van der Waals surface area contributed by atoms with Crippen molar-refractivity contribution in [3.05, 3.63) is 22.3 Å². The van der Waals surface area contributed by atoms with Crippen LogP contribution >= 0.6 is 15.9 Å². The van der Waals surface area contributed by atoms with Crippen LogP contribution < -0.4 is 5.32 Å². The topological polar surface area (TPSA) is 62.2 Å². The number of pyridine rings is 1. The van der Waals surface area contributed by atoms with Crippen molar-refractivity contribution in [3.63, 3.8) is 0 Å². The molecule has 2 N–H and O–H groups in total. The van der Waals surface area contributed by atoms with E-state index in [2.05, 4.69) is 26.2 Å². The van der Waals surface area contributed by atoms with Crippen LogP contribution in [-0.4, -0.2) is 23.1 Å². The molecular formula is C7H7BrN2O2. The Bertz CT molecular complexity index is 314. The van der Waals surface area contributed by atoms with Gasteiger partial charge in [0.2, 0.25) is 0 Å². The maximum atomic E-state index is 10.5. The van der Waals surface area contributed by atoms with E-state index in [1.807, 2.05) is 0 Å². The van der Waals surface area contributed by atoms with Gasteiger partial charge in [0.1, 0.15) is 5.82 Å². The van der Waals surface area contributed by atoms with E-state index in [1.165, 1.54) is 12.3 Å². The van der Waals surface area contributed by atoms with Gasteiger partial charge in [0.05, 0.1) is 10.0 Å². The molecule has 0 fully saturated rings. The highest BCUT2D eigenvalue weighted by molar-refractivity contribution is 9.10. The van der Waals surface area contributed by atoms with Crippen LogP contribution in [0.5, 0.6) is 0 Å². The van der Waals surface area contributed by atoms with Crippen molar-refractivity contribution in [2.75, 3.05) is 12.4 Å². The van der Waals surface area contributed by atoms with E-state index in [0.717, 1.165) is 0 Å². The molecule has 0 saturated carbocycles. The van der Waals surface area contributed by atoms with E-state index >= 15 is 0 Å². The first-order chi connectivity index (χ1) is 5.65. The SMILES string of the molecule is CNc1ncc(C(=O)O)cc1Br. The van der Waals surface area contributed by atoms with Crippen LogP contribution in [-0.2, 0) is 0 Å². The fourth-order valence-electron chi connectivity index (χ4n) is 0.739. The van der Waals surface area contributed by atoms with Gasteiger partial charge in [-0.15, -0.1) is 0 Å². The molecule has 1 aromatic rings. The lowest BCUT2D eigenvalue weighted by Gasteiger charge is -2.01. The average Bonchev–Trinajstić information content (AvgIpc) is 2.04. The number of halogens is 1. The minimum absolute atomic E-state index is 0.167. The Balaban J connectivity index is 3.10. The molecule has 0 spiro atoms. The van der Waals surface area contributed by atoms with E-state index in [1.54, 1.807) is 7.05 Å². The second kappa shape index (κ2) is 3.53.